The number of pyridine rings is 2. The molecule has 5 aromatic heterocycles. The maximum absolute atomic E-state index is 13.5. The summed E-state index contributed by atoms with van der Waals surface area (Å²) in [5.41, 5.74) is 15.2. The number of carbonyl (C=O) groups is 1. The number of H-pyrrole nitrogens is 1. The van der Waals surface area contributed by atoms with E-state index in [-0.39, 0.29) is 18.0 Å². The van der Waals surface area contributed by atoms with E-state index in [1.807, 2.05) is 33.9 Å². The van der Waals surface area contributed by atoms with Gasteiger partial charge in [-0.15, -0.1) is 0 Å². The number of piperidine rings is 1. The van der Waals surface area contributed by atoms with Crippen molar-refractivity contribution in [1.29, 1.82) is 0 Å². The molecule has 2 saturated carbocycles. The zero-order chi connectivity index (χ0) is 28.1. The SMILES string of the molecule is Cc1c(-c2cc3ccc(-c4ccc5[nH]ncc5c4)nc3n2CC2CC2)nn2cc(C(=O)N3CC4CCC3[C@@H]4N)ccc12. The van der Waals surface area contributed by atoms with Gasteiger partial charge in [0.2, 0.25) is 0 Å². The zero-order valence-corrected chi connectivity index (χ0v) is 23.5. The first kappa shape index (κ1) is 24.1. The van der Waals surface area contributed by atoms with Crippen LogP contribution in [-0.2, 0) is 6.54 Å². The third-order valence-electron chi connectivity index (χ3n) is 9.90. The van der Waals surface area contributed by atoms with Gasteiger partial charge in [-0.1, -0.05) is 6.07 Å². The van der Waals surface area contributed by atoms with Gasteiger partial charge in [-0.05, 0) is 86.9 Å². The van der Waals surface area contributed by atoms with E-state index in [9.17, 15) is 4.79 Å². The van der Waals surface area contributed by atoms with Crippen LogP contribution in [0.5, 0.6) is 0 Å². The van der Waals surface area contributed by atoms with Crippen LogP contribution < -0.4 is 5.73 Å². The Balaban J connectivity index is 1.13. The monoisotopic (exact) mass is 556 g/mol. The number of rotatable bonds is 5. The normalized spacial score (nSPS) is 21.9. The van der Waals surface area contributed by atoms with Gasteiger partial charge in [0.15, 0.2) is 0 Å². The first-order valence-electron chi connectivity index (χ1n) is 15.0. The van der Waals surface area contributed by atoms with Crippen molar-refractivity contribution in [2.75, 3.05) is 6.54 Å². The average Bonchev–Trinajstić information content (AvgIpc) is 3.30. The van der Waals surface area contributed by atoms with E-state index < -0.39 is 0 Å². The molecule has 1 aromatic carbocycles. The molecule has 9 heteroatoms. The molecule has 9 nitrogen and oxygen atoms in total. The summed E-state index contributed by atoms with van der Waals surface area (Å²) in [7, 11) is 0. The number of aromatic nitrogens is 6. The van der Waals surface area contributed by atoms with Crippen molar-refractivity contribution < 1.29 is 4.79 Å². The molecular formula is C33H32N8O. The highest BCUT2D eigenvalue weighted by atomic mass is 16.2. The molecule has 1 amide bonds. The smallest absolute Gasteiger partial charge is 0.255 e. The lowest BCUT2D eigenvalue weighted by Crippen LogP contribution is -2.41. The van der Waals surface area contributed by atoms with Gasteiger partial charge in [-0.2, -0.15) is 10.2 Å². The van der Waals surface area contributed by atoms with Crippen LogP contribution in [0.2, 0.25) is 0 Å². The van der Waals surface area contributed by atoms with Crippen LogP contribution in [0, 0.1) is 18.8 Å². The van der Waals surface area contributed by atoms with Crippen molar-refractivity contribution in [3.8, 4) is 22.6 Å². The van der Waals surface area contributed by atoms with Gasteiger partial charge >= 0.3 is 0 Å². The molecule has 2 aliphatic carbocycles. The summed E-state index contributed by atoms with van der Waals surface area (Å²) in [4.78, 5) is 20.7. The highest BCUT2D eigenvalue weighted by Gasteiger charge is 2.46. The molecule has 9 rings (SSSR count). The van der Waals surface area contributed by atoms with E-state index in [1.165, 1.54) is 12.8 Å². The first-order chi connectivity index (χ1) is 20.5. The minimum Gasteiger partial charge on any atom is -0.334 e. The number of hydrogen-bond donors (Lipinski definition) is 2. The maximum Gasteiger partial charge on any atom is 0.255 e. The molecule has 2 unspecified atom stereocenters. The number of nitrogens with zero attached hydrogens (tertiary/aromatic N) is 6. The molecule has 3 aliphatic rings. The van der Waals surface area contributed by atoms with E-state index in [1.54, 1.807) is 0 Å². The highest BCUT2D eigenvalue weighted by molar-refractivity contribution is 5.95. The molecule has 1 saturated heterocycles. The van der Waals surface area contributed by atoms with E-state index in [4.69, 9.17) is 15.8 Å². The molecule has 210 valence electrons. The number of amides is 1. The predicted octanol–water partition coefficient (Wildman–Crippen LogP) is 5.17. The number of nitrogens with two attached hydrogens (primary N) is 1. The summed E-state index contributed by atoms with van der Waals surface area (Å²) in [6.45, 7) is 3.80. The third kappa shape index (κ3) is 3.59. The Bertz CT molecular complexity index is 2050. The Morgan fingerprint density at radius 3 is 2.76 bits per heavy atom. The second-order valence-corrected chi connectivity index (χ2v) is 12.5. The molecule has 3 fully saturated rings. The van der Waals surface area contributed by atoms with Gasteiger partial charge in [-0.25, -0.2) is 9.50 Å². The average molecular weight is 557 g/mol. The summed E-state index contributed by atoms with van der Waals surface area (Å²) in [6, 6.07) is 17.0. The molecule has 42 heavy (non-hydrogen) atoms. The van der Waals surface area contributed by atoms with Crippen LogP contribution in [0.1, 0.15) is 41.6 Å². The molecular weight excluding hydrogens is 524 g/mol. The zero-order valence-electron chi connectivity index (χ0n) is 23.5. The standard InChI is InChI=1S/C33H32N8O/c1-18-27-10-7-23(33(42)40-16-22-6-11-28(40)30(22)34)17-41(27)38-31(18)29-13-21-5-8-25(36-32(21)39(29)15-19-2-3-19)20-4-9-26-24(12-20)14-35-37-26/h4-5,7-10,12-14,17,19,22,28,30H,2-3,6,11,15-16,34H2,1H3,(H,35,37)/t22?,28?,30-/m1/s1. The van der Waals surface area contributed by atoms with Crippen LogP contribution in [-0.4, -0.2) is 58.8 Å². The minimum atomic E-state index is 0.0578. The van der Waals surface area contributed by atoms with E-state index in [0.29, 0.717) is 17.4 Å². The Labute approximate surface area is 242 Å². The number of benzene rings is 1. The summed E-state index contributed by atoms with van der Waals surface area (Å²) in [6.07, 6.45) is 8.36. The van der Waals surface area contributed by atoms with Gasteiger partial charge in [0.25, 0.3) is 5.91 Å². The Hall–Kier alpha value is -4.50. The topological polar surface area (TPSA) is 110 Å². The number of hydrogen-bond acceptors (Lipinski definition) is 5. The number of nitrogens with one attached hydrogen (secondary N) is 1. The molecule has 0 spiro atoms. The second-order valence-electron chi connectivity index (χ2n) is 12.5. The van der Waals surface area contributed by atoms with Crippen molar-refractivity contribution in [2.24, 2.45) is 17.6 Å². The van der Waals surface area contributed by atoms with Crippen LogP contribution in [0.25, 0.3) is 50.1 Å². The quantitative estimate of drug-likeness (QED) is 0.304. The number of likely N-dealkylation sites (tertiary alicyclic amines) is 1. The Kier molecular flexibility index (Phi) is 5.03. The van der Waals surface area contributed by atoms with Crippen molar-refractivity contribution >= 4 is 33.4 Å². The molecule has 0 radical (unpaired) electrons. The third-order valence-corrected chi connectivity index (χ3v) is 9.90. The summed E-state index contributed by atoms with van der Waals surface area (Å²) in [5.74, 6) is 1.15. The second kappa shape index (κ2) is 8.75. The molecule has 6 aromatic rings. The summed E-state index contributed by atoms with van der Waals surface area (Å²) < 4.78 is 4.24. The largest absolute Gasteiger partial charge is 0.334 e. The highest BCUT2D eigenvalue weighted by Crippen LogP contribution is 2.39. The van der Waals surface area contributed by atoms with E-state index in [0.717, 1.165) is 81.6 Å². The molecule has 3 N–H and O–H groups in total. The number of aryl methyl sites for hydroxylation is 1. The van der Waals surface area contributed by atoms with Gasteiger partial charge in [0, 0.05) is 53.3 Å². The fourth-order valence-electron chi connectivity index (χ4n) is 7.32. The van der Waals surface area contributed by atoms with Crippen molar-refractivity contribution in [3.63, 3.8) is 0 Å². The summed E-state index contributed by atoms with van der Waals surface area (Å²) in [5, 5.41) is 14.4. The first-order valence-corrected chi connectivity index (χ1v) is 15.0. The van der Waals surface area contributed by atoms with Gasteiger partial charge in [-0.3, -0.25) is 9.89 Å². The van der Waals surface area contributed by atoms with Crippen molar-refractivity contribution in [2.45, 2.75) is 51.2 Å². The molecule has 1 aliphatic heterocycles. The molecule has 6 heterocycles. The van der Waals surface area contributed by atoms with Crippen LogP contribution in [0.4, 0.5) is 0 Å². The predicted molar refractivity (Wildman–Crippen MR) is 162 cm³/mol. The van der Waals surface area contributed by atoms with Crippen LogP contribution in [0.15, 0.2) is 60.9 Å². The fraction of sp³-hybridized carbons (Fsp3) is 0.333. The van der Waals surface area contributed by atoms with Gasteiger partial charge < -0.3 is 15.2 Å². The van der Waals surface area contributed by atoms with Crippen LogP contribution >= 0.6 is 0 Å². The maximum atomic E-state index is 13.5. The minimum absolute atomic E-state index is 0.0578. The van der Waals surface area contributed by atoms with Crippen molar-refractivity contribution in [1.82, 2.24) is 34.3 Å². The van der Waals surface area contributed by atoms with Crippen molar-refractivity contribution in [3.05, 3.63) is 72.1 Å². The lowest BCUT2D eigenvalue weighted by atomic mass is 10.1. The Morgan fingerprint density at radius 1 is 1.05 bits per heavy atom. The number of carbonyl (C=O) groups excluding carboxylic acids is 1. The molecule has 3 atom stereocenters. The van der Waals surface area contributed by atoms with E-state index >= 15 is 0 Å². The fourth-order valence-corrected chi connectivity index (χ4v) is 7.32. The lowest BCUT2D eigenvalue weighted by molar-refractivity contribution is 0.0700. The van der Waals surface area contributed by atoms with Crippen LogP contribution in [0.3, 0.4) is 0 Å². The lowest BCUT2D eigenvalue weighted by Gasteiger charge is -2.27. The number of fused-ring (bicyclic) bond motifs is 5. The van der Waals surface area contributed by atoms with Gasteiger partial charge in [0.1, 0.15) is 11.3 Å². The molecule has 2 bridgehead atoms. The Morgan fingerprint density at radius 2 is 1.95 bits per heavy atom. The van der Waals surface area contributed by atoms with E-state index in [2.05, 4.69) is 58.1 Å². The number of aromatic amines is 1. The summed E-state index contributed by atoms with van der Waals surface area (Å²) >= 11 is 0. The van der Waals surface area contributed by atoms with Gasteiger partial charge in [0.05, 0.1) is 34.2 Å².